The third kappa shape index (κ3) is 54.7. The number of rotatable bonds is 55. The van der Waals surface area contributed by atoms with E-state index in [1.807, 2.05) is 0 Å². The lowest BCUT2D eigenvalue weighted by Gasteiger charge is -2.18. The van der Waals surface area contributed by atoms with Crippen molar-refractivity contribution in [2.24, 2.45) is 0 Å². The van der Waals surface area contributed by atoms with E-state index in [-0.39, 0.29) is 31.1 Å². The van der Waals surface area contributed by atoms with Crippen molar-refractivity contribution in [3.63, 3.8) is 0 Å². The number of carbonyl (C=O) groups is 3. The van der Waals surface area contributed by atoms with E-state index in [0.717, 1.165) is 64.2 Å². The first-order chi connectivity index (χ1) is 33.0. The van der Waals surface area contributed by atoms with Crippen LogP contribution in [0.3, 0.4) is 0 Å². The lowest BCUT2D eigenvalue weighted by atomic mass is 10.0. The van der Waals surface area contributed by atoms with E-state index in [0.29, 0.717) is 19.3 Å². The third-order valence-corrected chi connectivity index (χ3v) is 13.5. The van der Waals surface area contributed by atoms with Gasteiger partial charge in [-0.1, -0.05) is 283 Å². The number of hydrogen-bond acceptors (Lipinski definition) is 6. The summed E-state index contributed by atoms with van der Waals surface area (Å²) in [6.07, 6.45) is 66.3. The Morgan fingerprint density at radius 2 is 0.537 bits per heavy atom. The van der Waals surface area contributed by atoms with Crippen molar-refractivity contribution in [2.45, 2.75) is 335 Å². The zero-order valence-electron chi connectivity index (χ0n) is 45.2. The van der Waals surface area contributed by atoms with Gasteiger partial charge in [-0.2, -0.15) is 0 Å². The lowest BCUT2D eigenvalue weighted by Crippen LogP contribution is -2.30. The number of unbranched alkanes of at least 4 members (excludes halogenated alkanes) is 40. The Morgan fingerprint density at radius 1 is 0.299 bits per heavy atom. The van der Waals surface area contributed by atoms with Crippen LogP contribution in [0.25, 0.3) is 0 Å². The minimum atomic E-state index is -0.765. The molecule has 0 amide bonds. The van der Waals surface area contributed by atoms with Crippen LogP contribution in [0.15, 0.2) is 24.3 Å². The van der Waals surface area contributed by atoms with Crippen molar-refractivity contribution >= 4 is 17.9 Å². The number of ether oxygens (including phenoxy) is 3. The van der Waals surface area contributed by atoms with Crippen molar-refractivity contribution in [1.82, 2.24) is 0 Å². The van der Waals surface area contributed by atoms with Crippen molar-refractivity contribution < 1.29 is 28.6 Å². The van der Waals surface area contributed by atoms with E-state index in [2.05, 4.69) is 45.1 Å². The van der Waals surface area contributed by atoms with Gasteiger partial charge in [0.1, 0.15) is 13.2 Å². The highest BCUT2D eigenvalue weighted by Crippen LogP contribution is 2.17. The first-order valence-corrected chi connectivity index (χ1v) is 29.8. The number of allylic oxidation sites excluding steroid dienone is 4. The van der Waals surface area contributed by atoms with Crippen molar-refractivity contribution in [3.8, 4) is 0 Å². The Hall–Kier alpha value is -2.11. The van der Waals surface area contributed by atoms with E-state index in [9.17, 15) is 14.4 Å². The molecule has 6 nitrogen and oxygen atoms in total. The largest absolute Gasteiger partial charge is 0.462 e. The fourth-order valence-electron chi connectivity index (χ4n) is 8.95. The van der Waals surface area contributed by atoms with Gasteiger partial charge >= 0.3 is 17.9 Å². The predicted molar refractivity (Wildman–Crippen MR) is 289 cm³/mol. The summed E-state index contributed by atoms with van der Waals surface area (Å²) in [7, 11) is 0. The van der Waals surface area contributed by atoms with Gasteiger partial charge in [0.25, 0.3) is 0 Å². The minimum Gasteiger partial charge on any atom is -0.462 e. The second kappa shape index (κ2) is 56.5. The van der Waals surface area contributed by atoms with Gasteiger partial charge < -0.3 is 14.2 Å². The van der Waals surface area contributed by atoms with Gasteiger partial charge in [-0.25, -0.2) is 0 Å². The molecule has 1 atom stereocenters. The van der Waals surface area contributed by atoms with Crippen LogP contribution in [0, 0.1) is 0 Å². The molecule has 0 N–H and O–H groups in total. The molecule has 0 saturated carbocycles. The summed E-state index contributed by atoms with van der Waals surface area (Å²) in [6.45, 7) is 6.64. The van der Waals surface area contributed by atoms with E-state index >= 15 is 0 Å². The molecule has 394 valence electrons. The van der Waals surface area contributed by atoms with Crippen LogP contribution in [-0.2, 0) is 28.6 Å². The van der Waals surface area contributed by atoms with Crippen LogP contribution in [0.2, 0.25) is 0 Å². The second-order valence-electron chi connectivity index (χ2n) is 20.3. The van der Waals surface area contributed by atoms with Crippen molar-refractivity contribution in [1.29, 1.82) is 0 Å². The van der Waals surface area contributed by atoms with Gasteiger partial charge in [-0.15, -0.1) is 0 Å². The van der Waals surface area contributed by atoms with Crippen LogP contribution in [0.1, 0.15) is 329 Å². The van der Waals surface area contributed by atoms with E-state index in [1.165, 1.54) is 225 Å². The molecule has 0 spiro atoms. The summed E-state index contributed by atoms with van der Waals surface area (Å²) in [5.74, 6) is -0.855. The summed E-state index contributed by atoms with van der Waals surface area (Å²) in [5, 5.41) is 0. The van der Waals surface area contributed by atoms with Gasteiger partial charge in [0, 0.05) is 19.3 Å². The fraction of sp³-hybridized carbons (Fsp3) is 0.885. The maximum absolute atomic E-state index is 12.8. The first kappa shape index (κ1) is 64.9. The maximum Gasteiger partial charge on any atom is 0.306 e. The molecule has 1 unspecified atom stereocenters. The summed E-state index contributed by atoms with van der Waals surface area (Å²) in [4.78, 5) is 38.0. The molecule has 0 bridgehead atoms. The molecule has 0 aromatic rings. The molecule has 0 aromatic heterocycles. The topological polar surface area (TPSA) is 78.9 Å². The molecular formula is C61H114O6. The molecular weight excluding hydrogens is 829 g/mol. The Kier molecular flexibility index (Phi) is 54.7. The highest BCUT2D eigenvalue weighted by molar-refractivity contribution is 5.71. The monoisotopic (exact) mass is 943 g/mol. The van der Waals surface area contributed by atoms with Gasteiger partial charge in [0.15, 0.2) is 6.10 Å². The summed E-state index contributed by atoms with van der Waals surface area (Å²) in [5.41, 5.74) is 0. The molecule has 6 heteroatoms. The molecule has 0 aliphatic rings. The van der Waals surface area contributed by atoms with Gasteiger partial charge in [-0.3, -0.25) is 14.4 Å². The highest BCUT2D eigenvalue weighted by Gasteiger charge is 2.19. The predicted octanol–water partition coefficient (Wildman–Crippen LogP) is 19.9. The molecule has 0 saturated heterocycles. The SMILES string of the molecule is CCCCCCC/C=C\C/C=C\CCCCCCCCCCCCCC(=O)OCC(COC(=O)CCCCCCCCC)OC(=O)CCCCCCCCCCCCCCCCCCCCC. The Morgan fingerprint density at radius 3 is 0.821 bits per heavy atom. The van der Waals surface area contributed by atoms with Crippen LogP contribution < -0.4 is 0 Å². The van der Waals surface area contributed by atoms with Gasteiger partial charge in [0.2, 0.25) is 0 Å². The van der Waals surface area contributed by atoms with E-state index in [4.69, 9.17) is 14.2 Å². The molecule has 0 radical (unpaired) electrons. The zero-order chi connectivity index (χ0) is 48.6. The Labute approximate surface area is 417 Å². The summed E-state index contributed by atoms with van der Waals surface area (Å²) >= 11 is 0. The minimum absolute atomic E-state index is 0.0671. The van der Waals surface area contributed by atoms with Crippen LogP contribution in [0.5, 0.6) is 0 Å². The van der Waals surface area contributed by atoms with Crippen LogP contribution >= 0.6 is 0 Å². The number of hydrogen-bond donors (Lipinski definition) is 0. The fourth-order valence-corrected chi connectivity index (χ4v) is 8.95. The summed E-state index contributed by atoms with van der Waals surface area (Å²) in [6, 6.07) is 0. The molecule has 0 aromatic carbocycles. The molecule has 0 fully saturated rings. The van der Waals surface area contributed by atoms with Crippen LogP contribution in [-0.4, -0.2) is 37.2 Å². The molecule has 0 aliphatic heterocycles. The van der Waals surface area contributed by atoms with E-state index in [1.54, 1.807) is 0 Å². The molecule has 0 heterocycles. The Bertz CT molecular complexity index is 1080. The normalized spacial score (nSPS) is 12.1. The molecule has 0 aliphatic carbocycles. The number of carbonyl (C=O) groups excluding carboxylic acids is 3. The van der Waals surface area contributed by atoms with E-state index < -0.39 is 6.10 Å². The Balaban J connectivity index is 4.12. The van der Waals surface area contributed by atoms with Crippen molar-refractivity contribution in [2.75, 3.05) is 13.2 Å². The zero-order valence-corrected chi connectivity index (χ0v) is 45.2. The lowest BCUT2D eigenvalue weighted by molar-refractivity contribution is -0.167. The maximum atomic E-state index is 12.8. The molecule has 67 heavy (non-hydrogen) atoms. The highest BCUT2D eigenvalue weighted by atomic mass is 16.6. The van der Waals surface area contributed by atoms with Crippen molar-refractivity contribution in [3.05, 3.63) is 24.3 Å². The first-order valence-electron chi connectivity index (χ1n) is 29.8. The average Bonchev–Trinajstić information content (AvgIpc) is 3.33. The molecule has 0 rings (SSSR count). The second-order valence-corrected chi connectivity index (χ2v) is 20.3. The van der Waals surface area contributed by atoms with Crippen LogP contribution in [0.4, 0.5) is 0 Å². The summed E-state index contributed by atoms with van der Waals surface area (Å²) < 4.78 is 16.8. The average molecular weight is 944 g/mol. The smallest absolute Gasteiger partial charge is 0.306 e. The third-order valence-electron chi connectivity index (χ3n) is 13.5. The number of esters is 3. The van der Waals surface area contributed by atoms with Gasteiger partial charge in [-0.05, 0) is 51.4 Å². The van der Waals surface area contributed by atoms with Gasteiger partial charge in [0.05, 0.1) is 0 Å². The standard InChI is InChI=1S/C61H114O6/c1-4-7-10-13-16-18-20-22-24-26-28-29-30-31-33-34-36-38-40-42-45-48-51-54-60(63)66-57-58(56-65-59(62)53-50-47-44-15-12-9-6-3)67-61(64)55-52-49-46-43-41-39-37-35-32-27-25-23-21-19-17-14-11-8-5-2/h20,22,26,28,58H,4-19,21,23-25,27,29-57H2,1-3H3/b22-20-,28-26-. The quantitative estimate of drug-likeness (QED) is 0.0262.